The Balaban J connectivity index is 1.37. The van der Waals surface area contributed by atoms with Crippen LogP contribution in [0.2, 0.25) is 0 Å². The van der Waals surface area contributed by atoms with E-state index in [9.17, 15) is 4.79 Å². The van der Waals surface area contributed by atoms with Gasteiger partial charge in [0.25, 0.3) is 0 Å². The molecule has 4 heteroatoms. The van der Waals surface area contributed by atoms with Crippen molar-refractivity contribution in [1.82, 2.24) is 9.55 Å². The molecule has 4 saturated carbocycles. The van der Waals surface area contributed by atoms with E-state index in [0.29, 0.717) is 17.7 Å². The topological polar surface area (TPSA) is 44.1 Å². The fraction of sp³-hybridized carbons (Fsp3) is 0.852. The molecule has 4 nitrogen and oxygen atoms in total. The number of rotatable bonds is 5. The molecule has 31 heavy (non-hydrogen) atoms. The van der Waals surface area contributed by atoms with E-state index in [1.54, 1.807) is 0 Å². The molecule has 4 aliphatic rings. The number of carbonyl (C=O) groups is 1. The summed E-state index contributed by atoms with van der Waals surface area (Å²) >= 11 is 0. The Morgan fingerprint density at radius 1 is 1.16 bits per heavy atom. The first-order valence-corrected chi connectivity index (χ1v) is 12.9. The lowest BCUT2D eigenvalue weighted by molar-refractivity contribution is -0.154. The Bertz CT molecular complexity index is 818. The molecule has 4 fully saturated rings. The van der Waals surface area contributed by atoms with Gasteiger partial charge >= 0.3 is 0 Å². The van der Waals surface area contributed by atoms with Gasteiger partial charge < -0.3 is 9.30 Å². The summed E-state index contributed by atoms with van der Waals surface area (Å²) in [5.74, 6) is 4.72. The molecule has 8 atom stereocenters. The van der Waals surface area contributed by atoms with Crippen LogP contribution in [0.25, 0.3) is 0 Å². The van der Waals surface area contributed by atoms with Crippen molar-refractivity contribution in [3.8, 4) is 0 Å². The maximum Gasteiger partial charge on any atom is 0.156 e. The van der Waals surface area contributed by atoms with Crippen molar-refractivity contribution < 1.29 is 9.53 Å². The fourth-order valence-electron chi connectivity index (χ4n) is 9.19. The van der Waals surface area contributed by atoms with E-state index in [0.717, 1.165) is 48.3 Å². The first-order valence-electron chi connectivity index (χ1n) is 12.9. The molecule has 1 aromatic heterocycles. The largest absolute Gasteiger partial charge is 0.384 e. The minimum absolute atomic E-state index is 0.191. The van der Waals surface area contributed by atoms with E-state index >= 15 is 0 Å². The molecule has 0 aromatic carbocycles. The zero-order chi connectivity index (χ0) is 21.8. The third-order valence-electron chi connectivity index (χ3n) is 10.5. The number of methoxy groups -OCH3 is 1. The van der Waals surface area contributed by atoms with Gasteiger partial charge in [-0.3, -0.25) is 4.79 Å². The Morgan fingerprint density at radius 2 is 2.00 bits per heavy atom. The Morgan fingerprint density at radius 3 is 2.74 bits per heavy atom. The summed E-state index contributed by atoms with van der Waals surface area (Å²) in [4.78, 5) is 17.7. The smallest absolute Gasteiger partial charge is 0.156 e. The molecule has 0 bridgehead atoms. The van der Waals surface area contributed by atoms with Crippen LogP contribution in [0.4, 0.5) is 0 Å². The molecule has 0 amide bonds. The van der Waals surface area contributed by atoms with E-state index < -0.39 is 0 Å². The van der Waals surface area contributed by atoms with Crippen LogP contribution in [-0.4, -0.2) is 29.1 Å². The van der Waals surface area contributed by atoms with Gasteiger partial charge in [-0.1, -0.05) is 20.3 Å². The Labute approximate surface area is 188 Å². The molecule has 5 rings (SSSR count). The summed E-state index contributed by atoms with van der Waals surface area (Å²) in [6, 6.07) is 0. The highest BCUT2D eigenvalue weighted by atomic mass is 16.5. The van der Waals surface area contributed by atoms with Gasteiger partial charge in [-0.2, -0.15) is 0 Å². The second-order valence-corrected chi connectivity index (χ2v) is 12.0. The highest BCUT2D eigenvalue weighted by Crippen LogP contribution is 2.68. The maximum atomic E-state index is 13.4. The molecule has 0 aliphatic heterocycles. The number of fused-ring (bicyclic) bond motifs is 5. The minimum Gasteiger partial charge on any atom is -0.384 e. The second-order valence-electron chi connectivity index (χ2n) is 12.0. The lowest BCUT2D eigenvalue weighted by atomic mass is 9.44. The average molecular weight is 427 g/mol. The molecule has 4 aliphatic carbocycles. The summed E-state index contributed by atoms with van der Waals surface area (Å²) in [5.41, 5.74) is 1.59. The number of aromatic nitrogens is 2. The van der Waals surface area contributed by atoms with Crippen LogP contribution in [-0.2, 0) is 16.1 Å². The summed E-state index contributed by atoms with van der Waals surface area (Å²) in [5, 5.41) is 0. The number of carbonyl (C=O) groups excluding carboxylic acids is 1. The van der Waals surface area contributed by atoms with Gasteiger partial charge in [0.05, 0.1) is 25.2 Å². The SMILES string of the molecule is COCC12CCC(C)CC1CCC1C3CCC(C(=O)Cn4cnc(C)c4)C3(C)CCC12. The molecule has 1 aromatic rings. The summed E-state index contributed by atoms with van der Waals surface area (Å²) in [7, 11) is 1.92. The number of imidazole rings is 1. The van der Waals surface area contributed by atoms with E-state index in [4.69, 9.17) is 4.74 Å². The molecule has 8 unspecified atom stereocenters. The standard InChI is InChI=1S/C27H42N2O2/c1-18-9-12-27(16-31-4)20(13-18)5-6-21-22-7-8-24(26(22,3)11-10-23(21)27)25(30)15-29-14-19(2)28-17-29/h14,17-18,20-24H,5-13,15-16H2,1-4H3. The minimum atomic E-state index is 0.191. The number of ether oxygens (including phenoxy) is 1. The van der Waals surface area contributed by atoms with Gasteiger partial charge in [0, 0.05) is 19.2 Å². The Hall–Kier alpha value is -1.16. The maximum absolute atomic E-state index is 13.4. The first-order chi connectivity index (χ1) is 14.9. The number of nitrogens with zero attached hydrogens (tertiary/aromatic N) is 2. The van der Waals surface area contributed by atoms with Crippen LogP contribution in [0.3, 0.4) is 0 Å². The number of hydrogen-bond acceptors (Lipinski definition) is 3. The average Bonchev–Trinajstić information content (AvgIpc) is 3.30. The van der Waals surface area contributed by atoms with E-state index in [-0.39, 0.29) is 11.3 Å². The molecule has 0 saturated heterocycles. The van der Waals surface area contributed by atoms with Crippen LogP contribution < -0.4 is 0 Å². The zero-order valence-corrected chi connectivity index (χ0v) is 20.1. The van der Waals surface area contributed by atoms with Crippen LogP contribution in [0, 0.1) is 53.3 Å². The normalized spacial score (nSPS) is 44.4. The van der Waals surface area contributed by atoms with Crippen LogP contribution in [0.5, 0.6) is 0 Å². The molecule has 0 spiro atoms. The van der Waals surface area contributed by atoms with Gasteiger partial charge in [-0.05, 0) is 98.7 Å². The van der Waals surface area contributed by atoms with Crippen LogP contribution >= 0.6 is 0 Å². The summed E-state index contributed by atoms with van der Waals surface area (Å²) < 4.78 is 7.92. The highest BCUT2D eigenvalue weighted by molar-refractivity contribution is 5.82. The van der Waals surface area contributed by atoms with E-state index in [2.05, 4.69) is 18.8 Å². The molecular weight excluding hydrogens is 384 g/mol. The predicted molar refractivity (Wildman–Crippen MR) is 123 cm³/mol. The number of aryl methyl sites for hydroxylation is 1. The number of ketones is 1. The molecular formula is C27H42N2O2. The van der Waals surface area contributed by atoms with Crippen LogP contribution in [0.15, 0.2) is 12.5 Å². The van der Waals surface area contributed by atoms with Gasteiger partial charge in [0.15, 0.2) is 5.78 Å². The van der Waals surface area contributed by atoms with E-state index in [1.165, 1.54) is 51.4 Å². The number of hydrogen-bond donors (Lipinski definition) is 0. The van der Waals surface area contributed by atoms with Crippen molar-refractivity contribution in [3.63, 3.8) is 0 Å². The molecule has 0 radical (unpaired) electrons. The van der Waals surface area contributed by atoms with Gasteiger partial charge in [-0.25, -0.2) is 4.98 Å². The lowest BCUT2D eigenvalue weighted by Crippen LogP contribution is -2.56. The monoisotopic (exact) mass is 426 g/mol. The third kappa shape index (κ3) is 3.43. The zero-order valence-electron chi connectivity index (χ0n) is 20.1. The molecule has 0 N–H and O–H groups in total. The second kappa shape index (κ2) is 8.01. The molecule has 172 valence electrons. The van der Waals surface area contributed by atoms with Gasteiger partial charge in [0.2, 0.25) is 0 Å². The predicted octanol–water partition coefficient (Wildman–Crippen LogP) is 5.68. The lowest BCUT2D eigenvalue weighted by Gasteiger charge is -2.61. The summed E-state index contributed by atoms with van der Waals surface area (Å²) in [6.07, 6.45) is 15.6. The van der Waals surface area contributed by atoms with Crippen LogP contribution in [0.1, 0.15) is 77.3 Å². The summed E-state index contributed by atoms with van der Waals surface area (Å²) in [6.45, 7) is 8.37. The van der Waals surface area contributed by atoms with E-state index in [1.807, 2.05) is 31.1 Å². The number of Topliss-reactive ketones (excluding diaryl/α,β-unsaturated/α-hetero) is 1. The van der Waals surface area contributed by atoms with Crippen molar-refractivity contribution in [2.75, 3.05) is 13.7 Å². The fourth-order valence-corrected chi connectivity index (χ4v) is 9.19. The van der Waals surface area contributed by atoms with Gasteiger partial charge in [0.1, 0.15) is 0 Å². The van der Waals surface area contributed by atoms with Crippen molar-refractivity contribution in [2.24, 2.45) is 46.3 Å². The van der Waals surface area contributed by atoms with Crippen molar-refractivity contribution >= 4 is 5.78 Å². The highest BCUT2D eigenvalue weighted by Gasteiger charge is 2.62. The van der Waals surface area contributed by atoms with Gasteiger partial charge in [-0.15, -0.1) is 0 Å². The molecule has 1 heterocycles. The first kappa shape index (κ1) is 21.7. The van der Waals surface area contributed by atoms with Crippen molar-refractivity contribution in [3.05, 3.63) is 18.2 Å². The van der Waals surface area contributed by atoms with Crippen molar-refractivity contribution in [1.29, 1.82) is 0 Å². The quantitative estimate of drug-likeness (QED) is 0.608. The Kier molecular flexibility index (Phi) is 5.60. The third-order valence-corrected chi connectivity index (χ3v) is 10.5. The van der Waals surface area contributed by atoms with Crippen molar-refractivity contribution in [2.45, 2.75) is 85.1 Å².